The van der Waals surface area contributed by atoms with E-state index in [1.54, 1.807) is 6.92 Å². The maximum atomic E-state index is 13.7. The van der Waals surface area contributed by atoms with Gasteiger partial charge in [-0.05, 0) is 31.4 Å². The third-order valence-electron chi connectivity index (χ3n) is 3.08. The highest BCUT2D eigenvalue weighted by Gasteiger charge is 2.16. The second kappa shape index (κ2) is 5.56. The minimum atomic E-state index is -0.493. The Morgan fingerprint density at radius 2 is 2.24 bits per heavy atom. The molecule has 1 fully saturated rings. The molecule has 1 aliphatic rings. The van der Waals surface area contributed by atoms with E-state index in [-0.39, 0.29) is 18.2 Å². The first-order valence-electron chi connectivity index (χ1n) is 5.94. The molecule has 0 aromatic heterocycles. The van der Waals surface area contributed by atoms with Gasteiger partial charge in [0.25, 0.3) is 0 Å². The molecular weight excluding hydrogens is 224 g/mol. The molecule has 0 amide bonds. The molecular formula is C13H17F2NO. The number of hydrogen-bond acceptors (Lipinski definition) is 2. The summed E-state index contributed by atoms with van der Waals surface area (Å²) >= 11 is 0. The van der Waals surface area contributed by atoms with Crippen LogP contribution >= 0.6 is 0 Å². The molecule has 0 aliphatic carbocycles. The smallest absolute Gasteiger partial charge is 0.133 e. The highest BCUT2D eigenvalue weighted by atomic mass is 19.1. The Balaban J connectivity index is 1.91. The average Bonchev–Trinajstić information content (AvgIpc) is 2.81. The van der Waals surface area contributed by atoms with Crippen LogP contribution in [0.3, 0.4) is 0 Å². The van der Waals surface area contributed by atoms with E-state index in [9.17, 15) is 8.78 Å². The van der Waals surface area contributed by atoms with Crippen LogP contribution in [0.15, 0.2) is 12.1 Å². The van der Waals surface area contributed by atoms with Crippen LogP contribution in [0.4, 0.5) is 8.78 Å². The van der Waals surface area contributed by atoms with Gasteiger partial charge < -0.3 is 10.1 Å². The minimum Gasteiger partial charge on any atom is -0.377 e. The average molecular weight is 241 g/mol. The molecule has 17 heavy (non-hydrogen) atoms. The van der Waals surface area contributed by atoms with Crippen molar-refractivity contribution in [3.05, 3.63) is 34.9 Å². The topological polar surface area (TPSA) is 21.3 Å². The van der Waals surface area contributed by atoms with E-state index >= 15 is 0 Å². The number of halogens is 2. The van der Waals surface area contributed by atoms with E-state index in [1.165, 1.54) is 12.1 Å². The van der Waals surface area contributed by atoms with Crippen LogP contribution in [-0.4, -0.2) is 19.3 Å². The summed E-state index contributed by atoms with van der Waals surface area (Å²) < 4.78 is 32.5. The Hall–Kier alpha value is -1.00. The van der Waals surface area contributed by atoms with E-state index in [2.05, 4.69) is 5.32 Å². The van der Waals surface area contributed by atoms with Crippen molar-refractivity contribution in [1.82, 2.24) is 5.32 Å². The van der Waals surface area contributed by atoms with E-state index in [0.717, 1.165) is 19.4 Å². The molecule has 1 heterocycles. The Morgan fingerprint density at radius 1 is 1.41 bits per heavy atom. The van der Waals surface area contributed by atoms with Gasteiger partial charge in [0.2, 0.25) is 0 Å². The lowest BCUT2D eigenvalue weighted by Gasteiger charge is -2.12. The number of rotatable bonds is 4. The maximum absolute atomic E-state index is 13.7. The highest BCUT2D eigenvalue weighted by molar-refractivity contribution is 5.26. The lowest BCUT2D eigenvalue weighted by atomic mass is 10.1. The van der Waals surface area contributed by atoms with Crippen molar-refractivity contribution in [3.63, 3.8) is 0 Å². The standard InChI is InChI=1S/C13H17F2NO/c1-9-4-5-12(14)11(13(9)15)8-16-7-10-3-2-6-17-10/h4-5,10,16H,2-3,6-8H2,1H3. The molecule has 0 saturated carbocycles. The van der Waals surface area contributed by atoms with E-state index in [1.807, 2.05) is 0 Å². The summed E-state index contributed by atoms with van der Waals surface area (Å²) in [5.74, 6) is -0.946. The number of aryl methyl sites for hydroxylation is 1. The summed E-state index contributed by atoms with van der Waals surface area (Å²) in [5.41, 5.74) is 0.586. The van der Waals surface area contributed by atoms with Gasteiger partial charge in [-0.2, -0.15) is 0 Å². The minimum absolute atomic E-state index is 0.114. The van der Waals surface area contributed by atoms with Crippen molar-refractivity contribution in [2.75, 3.05) is 13.2 Å². The largest absolute Gasteiger partial charge is 0.377 e. The van der Waals surface area contributed by atoms with Gasteiger partial charge in [-0.15, -0.1) is 0 Å². The van der Waals surface area contributed by atoms with Gasteiger partial charge in [0.05, 0.1) is 6.10 Å². The molecule has 2 nitrogen and oxygen atoms in total. The Bertz CT molecular complexity index is 389. The van der Waals surface area contributed by atoms with Gasteiger partial charge in [-0.3, -0.25) is 0 Å². The zero-order valence-corrected chi connectivity index (χ0v) is 9.93. The van der Waals surface area contributed by atoms with Crippen molar-refractivity contribution in [2.24, 2.45) is 0 Å². The second-order valence-electron chi connectivity index (χ2n) is 4.42. The van der Waals surface area contributed by atoms with Gasteiger partial charge in [0.1, 0.15) is 11.6 Å². The monoisotopic (exact) mass is 241 g/mol. The zero-order valence-electron chi connectivity index (χ0n) is 9.93. The van der Waals surface area contributed by atoms with E-state index < -0.39 is 11.6 Å². The summed E-state index contributed by atoms with van der Waals surface area (Å²) in [4.78, 5) is 0. The fourth-order valence-corrected chi connectivity index (χ4v) is 2.04. The SMILES string of the molecule is Cc1ccc(F)c(CNCC2CCCO2)c1F. The first kappa shape index (κ1) is 12.5. The molecule has 1 atom stereocenters. The predicted octanol–water partition coefficient (Wildman–Crippen LogP) is 2.54. The van der Waals surface area contributed by atoms with Gasteiger partial charge in [0, 0.05) is 25.3 Å². The van der Waals surface area contributed by atoms with Gasteiger partial charge in [0.15, 0.2) is 0 Å². The maximum Gasteiger partial charge on any atom is 0.133 e. The molecule has 0 bridgehead atoms. The van der Waals surface area contributed by atoms with E-state index in [0.29, 0.717) is 12.1 Å². The molecule has 94 valence electrons. The van der Waals surface area contributed by atoms with Crippen LogP contribution in [-0.2, 0) is 11.3 Å². The lowest BCUT2D eigenvalue weighted by Crippen LogP contribution is -2.26. The molecule has 0 spiro atoms. The molecule has 1 aromatic carbocycles. The molecule has 1 aliphatic heterocycles. The highest BCUT2D eigenvalue weighted by Crippen LogP contribution is 2.16. The Kier molecular flexibility index (Phi) is 4.07. The fraction of sp³-hybridized carbons (Fsp3) is 0.538. The molecule has 1 aromatic rings. The summed E-state index contributed by atoms with van der Waals surface area (Å²) in [6.07, 6.45) is 2.27. The van der Waals surface area contributed by atoms with Crippen LogP contribution < -0.4 is 5.32 Å². The number of benzene rings is 1. The third kappa shape index (κ3) is 3.01. The predicted molar refractivity (Wildman–Crippen MR) is 61.8 cm³/mol. The summed E-state index contributed by atoms with van der Waals surface area (Å²) in [7, 11) is 0. The second-order valence-corrected chi connectivity index (χ2v) is 4.42. The van der Waals surface area contributed by atoms with Gasteiger partial charge >= 0.3 is 0 Å². The summed E-state index contributed by atoms with van der Waals surface area (Å²) in [6.45, 7) is 3.28. The van der Waals surface area contributed by atoms with Crippen LogP contribution in [0.1, 0.15) is 24.0 Å². The first-order chi connectivity index (χ1) is 8.18. The molecule has 1 N–H and O–H groups in total. The quantitative estimate of drug-likeness (QED) is 0.874. The normalized spacial score (nSPS) is 19.8. The fourth-order valence-electron chi connectivity index (χ4n) is 2.04. The van der Waals surface area contributed by atoms with Crippen molar-refractivity contribution >= 4 is 0 Å². The van der Waals surface area contributed by atoms with Crippen LogP contribution in [0, 0.1) is 18.6 Å². The number of hydrogen-bond donors (Lipinski definition) is 1. The Morgan fingerprint density at radius 3 is 2.94 bits per heavy atom. The number of ether oxygens (including phenoxy) is 1. The zero-order chi connectivity index (χ0) is 12.3. The van der Waals surface area contributed by atoms with E-state index in [4.69, 9.17) is 4.74 Å². The van der Waals surface area contributed by atoms with Gasteiger partial charge in [-0.1, -0.05) is 6.07 Å². The Labute approximate surface area is 100.0 Å². The van der Waals surface area contributed by atoms with Crippen LogP contribution in [0.25, 0.3) is 0 Å². The first-order valence-corrected chi connectivity index (χ1v) is 5.94. The van der Waals surface area contributed by atoms with Crippen LogP contribution in [0.5, 0.6) is 0 Å². The van der Waals surface area contributed by atoms with Crippen LogP contribution in [0.2, 0.25) is 0 Å². The molecule has 4 heteroatoms. The molecule has 1 saturated heterocycles. The third-order valence-corrected chi connectivity index (χ3v) is 3.08. The van der Waals surface area contributed by atoms with Crippen molar-refractivity contribution in [3.8, 4) is 0 Å². The molecule has 0 radical (unpaired) electrons. The molecule has 1 unspecified atom stereocenters. The summed E-state index contributed by atoms with van der Waals surface area (Å²) in [6, 6.07) is 2.76. The number of nitrogens with one attached hydrogen (secondary N) is 1. The van der Waals surface area contributed by atoms with Crippen molar-refractivity contribution in [2.45, 2.75) is 32.4 Å². The lowest BCUT2D eigenvalue weighted by molar-refractivity contribution is 0.110. The van der Waals surface area contributed by atoms with Crippen molar-refractivity contribution < 1.29 is 13.5 Å². The summed E-state index contributed by atoms with van der Waals surface area (Å²) in [5, 5.41) is 3.05. The molecule has 2 rings (SSSR count). The van der Waals surface area contributed by atoms with Gasteiger partial charge in [-0.25, -0.2) is 8.78 Å². The van der Waals surface area contributed by atoms with Crippen molar-refractivity contribution in [1.29, 1.82) is 0 Å².